The van der Waals surface area contributed by atoms with Crippen molar-refractivity contribution in [2.24, 2.45) is 46.3 Å². The third kappa shape index (κ3) is 6.20. The predicted molar refractivity (Wildman–Crippen MR) is 155 cm³/mol. The van der Waals surface area contributed by atoms with Gasteiger partial charge in [-0.2, -0.15) is 0 Å². The maximum absolute atomic E-state index is 12.5. The summed E-state index contributed by atoms with van der Waals surface area (Å²) in [5.74, 6) is 5.06. The van der Waals surface area contributed by atoms with Crippen LogP contribution in [0.2, 0.25) is 0 Å². The Morgan fingerprint density at radius 1 is 1.03 bits per heavy atom. The van der Waals surface area contributed by atoms with E-state index in [0.717, 1.165) is 54.8 Å². The second kappa shape index (κ2) is 12.5. The Morgan fingerprint density at radius 3 is 2.55 bits per heavy atom. The van der Waals surface area contributed by atoms with Gasteiger partial charge in [0.15, 0.2) is 0 Å². The molecule has 1 amide bonds. The molecule has 1 N–H and O–H groups in total. The van der Waals surface area contributed by atoms with E-state index in [9.17, 15) is 9.59 Å². The molecule has 3 saturated carbocycles. The molecule has 0 bridgehead atoms. The summed E-state index contributed by atoms with van der Waals surface area (Å²) in [4.78, 5) is 23.9. The number of ether oxygens (including phenoxy) is 1. The van der Waals surface area contributed by atoms with E-state index >= 15 is 0 Å². The Morgan fingerprint density at radius 2 is 1.82 bits per heavy atom. The molecule has 0 aromatic rings. The minimum Gasteiger partial charge on any atom is -0.462 e. The number of carbonyl (C=O) groups excluding carboxylic acids is 2. The number of rotatable bonds is 11. The topological polar surface area (TPSA) is 55.4 Å². The smallest absolute Gasteiger partial charge is 0.306 e. The van der Waals surface area contributed by atoms with Crippen molar-refractivity contribution >= 4 is 11.9 Å². The largest absolute Gasteiger partial charge is 0.462 e. The average molecular weight is 528 g/mol. The highest BCUT2D eigenvalue weighted by Gasteiger charge is 2.59. The summed E-state index contributed by atoms with van der Waals surface area (Å²) >= 11 is 0. The molecule has 0 aromatic heterocycles. The highest BCUT2D eigenvalue weighted by molar-refractivity contribution is 5.75. The van der Waals surface area contributed by atoms with Crippen LogP contribution in [0.4, 0.5) is 0 Å². The van der Waals surface area contributed by atoms with Crippen LogP contribution < -0.4 is 5.32 Å². The van der Waals surface area contributed by atoms with Gasteiger partial charge in [-0.25, -0.2) is 0 Å². The predicted octanol–water partition coefficient (Wildman–Crippen LogP) is 8.25. The molecule has 4 aliphatic carbocycles. The zero-order valence-electron chi connectivity index (χ0n) is 25.5. The lowest BCUT2D eigenvalue weighted by Crippen LogP contribution is -2.51. The summed E-state index contributed by atoms with van der Waals surface area (Å²) < 4.78 is 5.93. The molecular weight excluding hydrogens is 470 g/mol. The third-order valence-electron chi connectivity index (χ3n) is 11.8. The van der Waals surface area contributed by atoms with Crippen LogP contribution in [0.1, 0.15) is 131 Å². The molecule has 4 aliphatic rings. The number of carbonyl (C=O) groups is 2. The molecule has 0 radical (unpaired) electrons. The van der Waals surface area contributed by atoms with Gasteiger partial charge in [-0.05, 0) is 97.7 Å². The first-order valence-corrected chi connectivity index (χ1v) is 16.2. The number of nitrogens with one attached hydrogen (secondary N) is 1. The Hall–Kier alpha value is -1.32. The first-order chi connectivity index (χ1) is 18.1. The Labute approximate surface area is 233 Å². The lowest BCUT2D eigenvalue weighted by atomic mass is 9.47. The van der Waals surface area contributed by atoms with E-state index in [4.69, 9.17) is 4.74 Å². The first kappa shape index (κ1) is 29.7. The molecule has 0 aromatic carbocycles. The normalized spacial score (nSPS) is 37.0. The minimum atomic E-state index is -0.105. The Bertz CT molecular complexity index is 864. The number of amides is 1. The second-order valence-corrected chi connectivity index (χ2v) is 14.5. The van der Waals surface area contributed by atoms with Crippen molar-refractivity contribution in [2.75, 3.05) is 6.54 Å². The van der Waals surface area contributed by atoms with Gasteiger partial charge in [-0.1, -0.05) is 72.5 Å². The molecule has 4 unspecified atom stereocenters. The van der Waals surface area contributed by atoms with Crippen LogP contribution in [-0.4, -0.2) is 24.5 Å². The first-order valence-electron chi connectivity index (χ1n) is 16.2. The molecule has 0 heterocycles. The standard InChI is InChI=1S/C34H57NO3/c1-7-31(36)35-21-9-12-32(37)38-26-17-19-33(5)25(22-26)13-14-27-29-16-15-28(24(4)11-8-10-23(2)3)34(29,6)20-18-30(27)33/h13,23-24,26-30H,7-12,14-22H2,1-6H3,(H,35,36)/t24-,26+,27-,28?,29+,30?,33?,34?/m1/s1. The van der Waals surface area contributed by atoms with Crippen molar-refractivity contribution in [1.82, 2.24) is 5.32 Å². The maximum Gasteiger partial charge on any atom is 0.306 e. The highest BCUT2D eigenvalue weighted by Crippen LogP contribution is 2.67. The van der Waals surface area contributed by atoms with Crippen LogP contribution in [-0.2, 0) is 14.3 Å². The molecule has 4 heteroatoms. The average Bonchev–Trinajstić information content (AvgIpc) is 3.23. The summed E-state index contributed by atoms with van der Waals surface area (Å²) in [6.07, 6.45) is 18.3. The SMILES string of the molecule is CCC(=O)NCCCC(=O)O[C@H]1CCC2(C)C(=CC[C@H]3C2CCC2(C)C([C@H](C)CCCC(C)C)CC[C@@H]32)C1. The van der Waals surface area contributed by atoms with Crippen molar-refractivity contribution in [3.8, 4) is 0 Å². The molecule has 0 spiro atoms. The van der Waals surface area contributed by atoms with E-state index in [1.165, 1.54) is 51.4 Å². The van der Waals surface area contributed by atoms with E-state index in [0.29, 0.717) is 36.6 Å². The van der Waals surface area contributed by atoms with Crippen LogP contribution in [0.25, 0.3) is 0 Å². The monoisotopic (exact) mass is 527 g/mol. The van der Waals surface area contributed by atoms with Gasteiger partial charge in [0, 0.05) is 25.8 Å². The molecule has 38 heavy (non-hydrogen) atoms. The van der Waals surface area contributed by atoms with Gasteiger partial charge in [-0.15, -0.1) is 0 Å². The van der Waals surface area contributed by atoms with Gasteiger partial charge in [-0.3, -0.25) is 9.59 Å². The van der Waals surface area contributed by atoms with E-state index < -0.39 is 0 Å². The van der Waals surface area contributed by atoms with Crippen LogP contribution in [0, 0.1) is 46.3 Å². The van der Waals surface area contributed by atoms with Gasteiger partial charge >= 0.3 is 5.97 Å². The lowest BCUT2D eigenvalue weighted by Gasteiger charge is -2.58. The molecular formula is C34H57NO3. The van der Waals surface area contributed by atoms with Crippen LogP contribution in [0.3, 0.4) is 0 Å². The van der Waals surface area contributed by atoms with Gasteiger partial charge in [0.2, 0.25) is 5.91 Å². The van der Waals surface area contributed by atoms with Crippen LogP contribution >= 0.6 is 0 Å². The van der Waals surface area contributed by atoms with E-state index in [1.54, 1.807) is 5.57 Å². The van der Waals surface area contributed by atoms with Crippen LogP contribution in [0.15, 0.2) is 11.6 Å². The molecule has 8 atom stereocenters. The summed E-state index contributed by atoms with van der Waals surface area (Å²) in [5, 5.41) is 2.84. The summed E-state index contributed by atoms with van der Waals surface area (Å²) in [5.41, 5.74) is 2.40. The molecule has 0 saturated heterocycles. The van der Waals surface area contributed by atoms with Gasteiger partial charge < -0.3 is 10.1 Å². The molecule has 4 rings (SSSR count). The van der Waals surface area contributed by atoms with Crippen molar-refractivity contribution in [1.29, 1.82) is 0 Å². The minimum absolute atomic E-state index is 0.0278. The number of allylic oxidation sites excluding steroid dienone is 1. The fourth-order valence-electron chi connectivity index (χ4n) is 9.58. The molecule has 4 nitrogen and oxygen atoms in total. The molecule has 3 fully saturated rings. The van der Waals surface area contributed by atoms with Gasteiger partial charge in [0.1, 0.15) is 6.10 Å². The van der Waals surface area contributed by atoms with Gasteiger partial charge in [0.05, 0.1) is 0 Å². The number of hydrogen-bond donors (Lipinski definition) is 1. The fraction of sp³-hybridized carbons (Fsp3) is 0.882. The van der Waals surface area contributed by atoms with E-state index in [-0.39, 0.29) is 18.0 Å². The maximum atomic E-state index is 12.5. The summed E-state index contributed by atoms with van der Waals surface area (Å²) in [7, 11) is 0. The van der Waals surface area contributed by atoms with Crippen LogP contribution in [0.5, 0.6) is 0 Å². The number of hydrogen-bond acceptors (Lipinski definition) is 3. The van der Waals surface area contributed by atoms with E-state index in [2.05, 4.69) is 46.0 Å². The fourth-order valence-corrected chi connectivity index (χ4v) is 9.58. The zero-order valence-corrected chi connectivity index (χ0v) is 25.5. The number of esters is 1. The Balaban J connectivity index is 1.33. The van der Waals surface area contributed by atoms with Crippen molar-refractivity contribution in [3.63, 3.8) is 0 Å². The lowest BCUT2D eigenvalue weighted by molar-refractivity contribution is -0.151. The van der Waals surface area contributed by atoms with Crippen molar-refractivity contribution in [2.45, 2.75) is 138 Å². The third-order valence-corrected chi connectivity index (χ3v) is 11.8. The van der Waals surface area contributed by atoms with Crippen molar-refractivity contribution in [3.05, 3.63) is 11.6 Å². The summed E-state index contributed by atoms with van der Waals surface area (Å²) in [6.45, 7) is 14.9. The summed E-state index contributed by atoms with van der Waals surface area (Å²) in [6, 6.07) is 0. The zero-order chi connectivity index (χ0) is 27.5. The quantitative estimate of drug-likeness (QED) is 0.167. The van der Waals surface area contributed by atoms with Gasteiger partial charge in [0.25, 0.3) is 0 Å². The second-order valence-electron chi connectivity index (χ2n) is 14.5. The molecule has 216 valence electrons. The Kier molecular flexibility index (Phi) is 9.73. The highest BCUT2D eigenvalue weighted by atomic mass is 16.5. The number of fused-ring (bicyclic) bond motifs is 5. The van der Waals surface area contributed by atoms with Crippen molar-refractivity contribution < 1.29 is 14.3 Å². The molecule has 0 aliphatic heterocycles. The van der Waals surface area contributed by atoms with E-state index in [1.807, 2.05) is 6.92 Å².